The SMILES string of the molecule is COc1cc(Nc2cc(Oc3ccc(C(C)(C)C)c4ccccc34)ccn2)ccc1C(=O)O. The predicted molar refractivity (Wildman–Crippen MR) is 130 cm³/mol. The fourth-order valence-electron chi connectivity index (χ4n) is 3.78. The molecule has 0 unspecified atom stereocenters. The van der Waals surface area contributed by atoms with Crippen LogP contribution in [-0.2, 0) is 5.41 Å². The number of aromatic nitrogens is 1. The van der Waals surface area contributed by atoms with E-state index in [2.05, 4.69) is 49.3 Å². The third-order valence-corrected chi connectivity index (χ3v) is 5.36. The highest BCUT2D eigenvalue weighted by molar-refractivity contribution is 5.92. The Labute approximate surface area is 192 Å². The van der Waals surface area contributed by atoms with Crippen LogP contribution < -0.4 is 14.8 Å². The molecule has 0 amide bonds. The van der Waals surface area contributed by atoms with Gasteiger partial charge in [-0.3, -0.25) is 0 Å². The van der Waals surface area contributed by atoms with Crippen molar-refractivity contribution >= 4 is 28.2 Å². The highest BCUT2D eigenvalue weighted by Crippen LogP contribution is 2.37. The highest BCUT2D eigenvalue weighted by Gasteiger charge is 2.18. The van der Waals surface area contributed by atoms with E-state index in [0.717, 1.165) is 11.1 Å². The van der Waals surface area contributed by atoms with E-state index < -0.39 is 5.97 Å². The maximum atomic E-state index is 11.3. The van der Waals surface area contributed by atoms with Gasteiger partial charge in [0.1, 0.15) is 28.6 Å². The Hall–Kier alpha value is -4.06. The minimum Gasteiger partial charge on any atom is -0.496 e. The molecular weight excluding hydrogens is 416 g/mol. The number of ether oxygens (including phenoxy) is 2. The molecule has 33 heavy (non-hydrogen) atoms. The van der Waals surface area contributed by atoms with Crippen LogP contribution in [-0.4, -0.2) is 23.2 Å². The number of carboxylic acid groups (broad SMARTS) is 1. The molecular formula is C27H26N2O4. The van der Waals surface area contributed by atoms with Crippen molar-refractivity contribution in [2.75, 3.05) is 12.4 Å². The molecule has 0 saturated carbocycles. The van der Waals surface area contributed by atoms with Crippen LogP contribution in [0, 0.1) is 0 Å². The van der Waals surface area contributed by atoms with E-state index in [1.165, 1.54) is 24.1 Å². The Morgan fingerprint density at radius 2 is 1.70 bits per heavy atom. The third kappa shape index (κ3) is 4.75. The van der Waals surface area contributed by atoms with Crippen LogP contribution in [0.1, 0.15) is 36.7 Å². The van der Waals surface area contributed by atoms with Gasteiger partial charge in [0.05, 0.1) is 7.11 Å². The largest absolute Gasteiger partial charge is 0.496 e. The van der Waals surface area contributed by atoms with Crippen molar-refractivity contribution in [2.45, 2.75) is 26.2 Å². The van der Waals surface area contributed by atoms with E-state index in [9.17, 15) is 9.90 Å². The second-order valence-corrected chi connectivity index (χ2v) is 8.73. The van der Waals surface area contributed by atoms with Crippen LogP contribution >= 0.6 is 0 Å². The Kier molecular flexibility index (Phi) is 5.92. The van der Waals surface area contributed by atoms with Crippen LogP contribution in [0.3, 0.4) is 0 Å². The molecule has 0 aliphatic heterocycles. The van der Waals surface area contributed by atoms with Crippen molar-refractivity contribution in [3.05, 3.63) is 84.1 Å². The number of benzene rings is 3. The number of anilines is 2. The molecule has 1 aromatic heterocycles. The van der Waals surface area contributed by atoms with Gasteiger partial charge in [0, 0.05) is 29.4 Å². The maximum Gasteiger partial charge on any atom is 0.339 e. The Balaban J connectivity index is 1.62. The molecule has 0 aliphatic rings. The first-order valence-corrected chi connectivity index (χ1v) is 10.6. The number of aromatic carboxylic acids is 1. The molecule has 0 bridgehead atoms. The maximum absolute atomic E-state index is 11.3. The van der Waals surface area contributed by atoms with Crippen LogP contribution in [0.25, 0.3) is 10.8 Å². The Morgan fingerprint density at radius 1 is 0.939 bits per heavy atom. The molecule has 0 fully saturated rings. The van der Waals surface area contributed by atoms with Gasteiger partial charge in [0.2, 0.25) is 0 Å². The number of carboxylic acids is 1. The van der Waals surface area contributed by atoms with Crippen molar-refractivity contribution in [1.29, 1.82) is 0 Å². The lowest BCUT2D eigenvalue weighted by Gasteiger charge is -2.22. The molecule has 168 valence electrons. The van der Waals surface area contributed by atoms with Crippen LogP contribution in [0.5, 0.6) is 17.2 Å². The molecule has 0 saturated heterocycles. The Morgan fingerprint density at radius 3 is 2.39 bits per heavy atom. The standard InChI is InChI=1S/C27H26N2O4/c1-27(2,3)22-11-12-23(20-8-6-5-7-19(20)22)33-18-13-14-28-25(16-18)29-17-9-10-21(26(30)31)24(15-17)32-4/h5-16H,1-4H3,(H,28,29)(H,30,31). The van der Waals surface area contributed by atoms with E-state index in [-0.39, 0.29) is 16.7 Å². The molecule has 3 aromatic carbocycles. The second-order valence-electron chi connectivity index (χ2n) is 8.73. The molecule has 0 aliphatic carbocycles. The molecule has 6 nitrogen and oxygen atoms in total. The summed E-state index contributed by atoms with van der Waals surface area (Å²) in [4.78, 5) is 15.7. The first-order valence-electron chi connectivity index (χ1n) is 10.6. The molecule has 0 spiro atoms. The van der Waals surface area contributed by atoms with E-state index in [1.54, 1.807) is 30.5 Å². The molecule has 6 heteroatoms. The smallest absolute Gasteiger partial charge is 0.339 e. The minimum atomic E-state index is -1.04. The number of rotatable bonds is 6. The summed E-state index contributed by atoms with van der Waals surface area (Å²) in [6, 6.07) is 20.7. The zero-order valence-corrected chi connectivity index (χ0v) is 19.0. The summed E-state index contributed by atoms with van der Waals surface area (Å²) in [5.74, 6) is 1.19. The zero-order valence-electron chi connectivity index (χ0n) is 19.0. The van der Waals surface area contributed by atoms with Gasteiger partial charge < -0.3 is 19.9 Å². The number of carbonyl (C=O) groups is 1. The van der Waals surface area contributed by atoms with Crippen molar-refractivity contribution in [1.82, 2.24) is 4.98 Å². The van der Waals surface area contributed by atoms with Gasteiger partial charge in [-0.1, -0.05) is 51.1 Å². The highest BCUT2D eigenvalue weighted by atomic mass is 16.5. The number of pyridine rings is 1. The van der Waals surface area contributed by atoms with Crippen molar-refractivity contribution in [2.24, 2.45) is 0 Å². The van der Waals surface area contributed by atoms with Gasteiger partial charge in [0.15, 0.2) is 0 Å². The molecule has 0 radical (unpaired) electrons. The number of fused-ring (bicyclic) bond motifs is 1. The fourth-order valence-corrected chi connectivity index (χ4v) is 3.78. The fraction of sp³-hybridized carbons (Fsp3) is 0.185. The van der Waals surface area contributed by atoms with Gasteiger partial charge in [-0.05, 0) is 40.6 Å². The average Bonchev–Trinajstić information content (AvgIpc) is 2.78. The second kappa shape index (κ2) is 8.82. The summed E-state index contributed by atoms with van der Waals surface area (Å²) in [5, 5.41) is 14.6. The molecule has 0 atom stereocenters. The summed E-state index contributed by atoms with van der Waals surface area (Å²) < 4.78 is 11.4. The summed E-state index contributed by atoms with van der Waals surface area (Å²) >= 11 is 0. The lowest BCUT2D eigenvalue weighted by Crippen LogP contribution is -2.11. The lowest BCUT2D eigenvalue weighted by atomic mass is 9.83. The number of hydrogen-bond acceptors (Lipinski definition) is 5. The van der Waals surface area contributed by atoms with Crippen molar-refractivity contribution < 1.29 is 19.4 Å². The van der Waals surface area contributed by atoms with Crippen LogP contribution in [0.4, 0.5) is 11.5 Å². The number of hydrogen-bond donors (Lipinski definition) is 2. The molecule has 4 rings (SSSR count). The number of methoxy groups -OCH3 is 1. The van der Waals surface area contributed by atoms with Gasteiger partial charge in [-0.25, -0.2) is 9.78 Å². The summed E-state index contributed by atoms with van der Waals surface area (Å²) in [5.41, 5.74) is 2.03. The van der Waals surface area contributed by atoms with E-state index >= 15 is 0 Å². The molecule has 2 N–H and O–H groups in total. The van der Waals surface area contributed by atoms with E-state index in [4.69, 9.17) is 9.47 Å². The monoisotopic (exact) mass is 442 g/mol. The van der Waals surface area contributed by atoms with Crippen LogP contribution in [0.2, 0.25) is 0 Å². The van der Waals surface area contributed by atoms with E-state index in [1.807, 2.05) is 18.2 Å². The third-order valence-electron chi connectivity index (χ3n) is 5.36. The number of nitrogens with one attached hydrogen (secondary N) is 1. The van der Waals surface area contributed by atoms with Crippen LogP contribution in [0.15, 0.2) is 72.9 Å². The number of nitrogens with zero attached hydrogens (tertiary/aromatic N) is 1. The summed E-state index contributed by atoms with van der Waals surface area (Å²) in [6.07, 6.45) is 1.66. The average molecular weight is 443 g/mol. The summed E-state index contributed by atoms with van der Waals surface area (Å²) in [6.45, 7) is 6.61. The normalized spacial score (nSPS) is 11.3. The summed E-state index contributed by atoms with van der Waals surface area (Å²) in [7, 11) is 1.44. The predicted octanol–water partition coefficient (Wildman–Crippen LogP) is 6.78. The zero-order chi connectivity index (χ0) is 23.6. The van der Waals surface area contributed by atoms with Gasteiger partial charge >= 0.3 is 5.97 Å². The molecule has 4 aromatic rings. The van der Waals surface area contributed by atoms with Crippen molar-refractivity contribution in [3.8, 4) is 17.2 Å². The van der Waals surface area contributed by atoms with Gasteiger partial charge in [-0.15, -0.1) is 0 Å². The first-order chi connectivity index (χ1) is 15.8. The van der Waals surface area contributed by atoms with Gasteiger partial charge in [-0.2, -0.15) is 0 Å². The topological polar surface area (TPSA) is 80.7 Å². The van der Waals surface area contributed by atoms with Crippen molar-refractivity contribution in [3.63, 3.8) is 0 Å². The van der Waals surface area contributed by atoms with E-state index in [0.29, 0.717) is 17.3 Å². The quantitative estimate of drug-likeness (QED) is 0.343. The minimum absolute atomic E-state index is 0.0170. The lowest BCUT2D eigenvalue weighted by molar-refractivity contribution is 0.0693. The molecule has 1 heterocycles. The first kappa shape index (κ1) is 22.1. The van der Waals surface area contributed by atoms with Gasteiger partial charge in [0.25, 0.3) is 0 Å². The Bertz CT molecular complexity index is 1330.